The molecule has 170 valence electrons. The first kappa shape index (κ1) is 21.9. The zero-order valence-electron chi connectivity index (χ0n) is 18.7. The van der Waals surface area contributed by atoms with Gasteiger partial charge in [-0.2, -0.15) is 0 Å². The van der Waals surface area contributed by atoms with Gasteiger partial charge >= 0.3 is 0 Å². The molecule has 1 fully saturated rings. The van der Waals surface area contributed by atoms with Gasteiger partial charge < -0.3 is 15.5 Å². The first-order valence-corrected chi connectivity index (χ1v) is 13.0. The molecule has 3 heterocycles. The summed E-state index contributed by atoms with van der Waals surface area (Å²) in [6.45, 7) is 0. The predicted molar refractivity (Wildman–Crippen MR) is 139 cm³/mol. The second-order valence-corrected chi connectivity index (χ2v) is 10.4. The summed E-state index contributed by atoms with van der Waals surface area (Å²) < 4.78 is 0. The highest BCUT2D eigenvalue weighted by atomic mass is 32.1. The van der Waals surface area contributed by atoms with Crippen molar-refractivity contribution in [3.05, 3.63) is 58.9 Å². The number of fused-ring (bicyclic) bond motifs is 1. The van der Waals surface area contributed by atoms with Crippen molar-refractivity contribution in [3.8, 4) is 9.88 Å². The van der Waals surface area contributed by atoms with Crippen LogP contribution in [0.2, 0.25) is 0 Å². The zero-order valence-corrected chi connectivity index (χ0v) is 20.4. The summed E-state index contributed by atoms with van der Waals surface area (Å²) >= 11 is 3.16. The van der Waals surface area contributed by atoms with Crippen molar-refractivity contribution >= 4 is 51.0 Å². The van der Waals surface area contributed by atoms with E-state index in [1.54, 1.807) is 11.3 Å². The lowest BCUT2D eigenvalue weighted by Gasteiger charge is -2.30. The van der Waals surface area contributed by atoms with Crippen LogP contribution < -0.4 is 15.5 Å². The molecular weight excluding hydrogens is 450 g/mol. The maximum atomic E-state index is 12.7. The van der Waals surface area contributed by atoms with E-state index >= 15 is 0 Å². The normalized spacial score (nSPS) is 18.2. The molecule has 1 aromatic carbocycles. The Bertz CT molecular complexity index is 1240. The Hall–Kier alpha value is -2.97. The van der Waals surface area contributed by atoms with Crippen molar-refractivity contribution in [2.45, 2.75) is 37.8 Å². The number of amides is 1. The number of nitrogens with zero attached hydrogens (tertiary/aromatic N) is 3. The number of thiazole rings is 1. The number of carbonyl (C=O) groups excluding carboxylic acids is 1. The Morgan fingerprint density at radius 3 is 2.55 bits per heavy atom. The maximum absolute atomic E-state index is 12.7. The van der Waals surface area contributed by atoms with Crippen LogP contribution >= 0.6 is 22.7 Å². The van der Waals surface area contributed by atoms with E-state index in [1.807, 2.05) is 35.0 Å². The summed E-state index contributed by atoms with van der Waals surface area (Å²) in [6.07, 6.45) is 3.88. The molecule has 1 aliphatic rings. The highest BCUT2D eigenvalue weighted by molar-refractivity contribution is 7.20. The highest BCUT2D eigenvalue weighted by Crippen LogP contribution is 2.30. The molecular formula is C25H27N5OS2. The second-order valence-electron chi connectivity index (χ2n) is 8.62. The van der Waals surface area contributed by atoms with Crippen molar-refractivity contribution in [2.75, 3.05) is 24.3 Å². The van der Waals surface area contributed by atoms with Gasteiger partial charge in [-0.1, -0.05) is 24.3 Å². The van der Waals surface area contributed by atoms with Gasteiger partial charge in [0.2, 0.25) is 0 Å². The molecule has 1 aliphatic carbocycles. The first-order valence-electron chi connectivity index (χ1n) is 11.2. The molecule has 6 nitrogen and oxygen atoms in total. The lowest BCUT2D eigenvalue weighted by atomic mass is 9.91. The second kappa shape index (κ2) is 9.49. The third kappa shape index (κ3) is 4.86. The molecule has 33 heavy (non-hydrogen) atoms. The molecule has 3 aromatic heterocycles. The van der Waals surface area contributed by atoms with Crippen LogP contribution in [-0.4, -0.2) is 42.1 Å². The van der Waals surface area contributed by atoms with Gasteiger partial charge in [-0.3, -0.25) is 4.79 Å². The largest absolute Gasteiger partial charge is 0.377 e. The number of hydrogen-bond donors (Lipinski definition) is 2. The Morgan fingerprint density at radius 2 is 1.79 bits per heavy atom. The maximum Gasteiger partial charge on any atom is 0.270 e. The topological polar surface area (TPSA) is 70.2 Å². The number of pyridine rings is 1. The van der Waals surface area contributed by atoms with Crippen molar-refractivity contribution < 1.29 is 4.79 Å². The van der Waals surface area contributed by atoms with Gasteiger partial charge in [0.15, 0.2) is 0 Å². The lowest BCUT2D eigenvalue weighted by Crippen LogP contribution is -2.40. The summed E-state index contributed by atoms with van der Waals surface area (Å²) in [5.41, 5.74) is 2.67. The van der Waals surface area contributed by atoms with E-state index in [-0.39, 0.29) is 11.9 Å². The number of thiophene rings is 1. The molecule has 0 saturated heterocycles. The van der Waals surface area contributed by atoms with Gasteiger partial charge in [-0.25, -0.2) is 9.97 Å². The number of anilines is 2. The van der Waals surface area contributed by atoms with Gasteiger partial charge in [0.1, 0.15) is 16.5 Å². The minimum atomic E-state index is -0.0720. The molecule has 0 unspecified atom stereocenters. The van der Waals surface area contributed by atoms with E-state index in [1.165, 1.54) is 11.3 Å². The van der Waals surface area contributed by atoms with Gasteiger partial charge in [0.25, 0.3) is 5.91 Å². The quantitative estimate of drug-likeness (QED) is 0.376. The zero-order chi connectivity index (χ0) is 22.8. The Labute approximate surface area is 201 Å². The molecule has 2 N–H and O–H groups in total. The molecule has 0 atom stereocenters. The molecule has 5 rings (SSSR count). The fourth-order valence-corrected chi connectivity index (χ4v) is 5.96. The van der Waals surface area contributed by atoms with E-state index in [2.05, 4.69) is 52.8 Å². The van der Waals surface area contributed by atoms with Gasteiger partial charge in [0, 0.05) is 48.7 Å². The van der Waals surface area contributed by atoms with Crippen LogP contribution in [0.4, 0.5) is 11.5 Å². The average Bonchev–Trinajstić information content (AvgIpc) is 3.52. The van der Waals surface area contributed by atoms with Gasteiger partial charge in [-0.05, 0) is 43.2 Å². The van der Waals surface area contributed by atoms with E-state index in [0.717, 1.165) is 58.0 Å². The number of aromatic nitrogens is 2. The van der Waals surface area contributed by atoms with Crippen LogP contribution in [0.3, 0.4) is 0 Å². The summed E-state index contributed by atoms with van der Waals surface area (Å²) in [6, 6.07) is 14.9. The molecule has 0 radical (unpaired) electrons. The predicted octanol–water partition coefficient (Wildman–Crippen LogP) is 5.64. The Kier molecular flexibility index (Phi) is 6.28. The summed E-state index contributed by atoms with van der Waals surface area (Å²) in [5, 5.41) is 12.8. The average molecular weight is 478 g/mol. The molecule has 8 heteroatoms. The number of rotatable bonds is 6. The SMILES string of the molecule is CN(C)c1cc(N[C@H]2CC[C@@H](NC(=O)c3csc(-c4cccs4)n3)CC2)nc2ccccc12. The van der Waals surface area contributed by atoms with Crippen molar-refractivity contribution in [2.24, 2.45) is 0 Å². The van der Waals surface area contributed by atoms with E-state index in [9.17, 15) is 4.79 Å². The van der Waals surface area contributed by atoms with Crippen LogP contribution in [-0.2, 0) is 0 Å². The third-order valence-electron chi connectivity index (χ3n) is 6.06. The van der Waals surface area contributed by atoms with Crippen molar-refractivity contribution in [3.63, 3.8) is 0 Å². The van der Waals surface area contributed by atoms with Gasteiger partial charge in [-0.15, -0.1) is 22.7 Å². The first-order chi connectivity index (χ1) is 16.1. The van der Waals surface area contributed by atoms with Crippen LogP contribution in [0.25, 0.3) is 20.8 Å². The smallest absolute Gasteiger partial charge is 0.270 e. The van der Waals surface area contributed by atoms with E-state index in [0.29, 0.717) is 11.7 Å². The number of nitrogens with one attached hydrogen (secondary N) is 2. The molecule has 0 spiro atoms. The van der Waals surface area contributed by atoms with E-state index in [4.69, 9.17) is 4.98 Å². The van der Waals surface area contributed by atoms with Gasteiger partial charge in [0.05, 0.1) is 10.4 Å². The van der Waals surface area contributed by atoms with Crippen molar-refractivity contribution in [1.29, 1.82) is 0 Å². The number of para-hydroxylation sites is 1. The minimum Gasteiger partial charge on any atom is -0.377 e. The molecule has 0 aliphatic heterocycles. The number of hydrogen-bond acceptors (Lipinski definition) is 7. The molecule has 4 aromatic rings. The number of carbonyl (C=O) groups is 1. The van der Waals surface area contributed by atoms with E-state index < -0.39 is 0 Å². The molecule has 1 amide bonds. The van der Waals surface area contributed by atoms with Crippen LogP contribution in [0, 0.1) is 0 Å². The summed E-state index contributed by atoms with van der Waals surface area (Å²) in [4.78, 5) is 25.3. The molecule has 0 bridgehead atoms. The summed E-state index contributed by atoms with van der Waals surface area (Å²) in [7, 11) is 4.12. The monoisotopic (exact) mass is 477 g/mol. The van der Waals surface area contributed by atoms with Crippen LogP contribution in [0.5, 0.6) is 0 Å². The highest BCUT2D eigenvalue weighted by Gasteiger charge is 2.24. The lowest BCUT2D eigenvalue weighted by molar-refractivity contribution is 0.0922. The minimum absolute atomic E-state index is 0.0720. The van der Waals surface area contributed by atoms with Crippen LogP contribution in [0.15, 0.2) is 53.2 Å². The Morgan fingerprint density at radius 1 is 1.00 bits per heavy atom. The Balaban J connectivity index is 1.18. The fraction of sp³-hybridized carbons (Fsp3) is 0.320. The summed E-state index contributed by atoms with van der Waals surface area (Å²) in [5.74, 6) is 0.839. The number of benzene rings is 1. The fourth-order valence-electron chi connectivity index (χ4n) is 4.34. The van der Waals surface area contributed by atoms with Crippen molar-refractivity contribution in [1.82, 2.24) is 15.3 Å². The van der Waals surface area contributed by atoms with Crippen LogP contribution in [0.1, 0.15) is 36.2 Å². The standard InChI is InChI=1S/C25H27N5OS2/c1-30(2)21-14-23(28-19-7-4-3-6-18(19)21)26-16-9-11-17(12-10-16)27-24(31)20-15-33-25(29-20)22-8-5-13-32-22/h3-8,13-17H,9-12H2,1-2H3,(H,26,28)(H,27,31)/t16-,17+. The third-order valence-corrected chi connectivity index (χ3v) is 7.94. The molecule has 1 saturated carbocycles.